The van der Waals surface area contributed by atoms with Gasteiger partial charge in [-0.15, -0.1) is 11.3 Å². The van der Waals surface area contributed by atoms with E-state index in [2.05, 4.69) is 35.3 Å². The molecule has 0 amide bonds. The van der Waals surface area contributed by atoms with Gasteiger partial charge >= 0.3 is 5.97 Å². The van der Waals surface area contributed by atoms with Gasteiger partial charge in [-0.1, -0.05) is 48.5 Å². The Kier molecular flexibility index (Phi) is 5.39. The Morgan fingerprint density at radius 3 is 2.59 bits per heavy atom. The van der Waals surface area contributed by atoms with E-state index in [-0.39, 0.29) is 12.0 Å². The number of nitrogens with one attached hydrogen (secondary N) is 1. The zero-order valence-corrected chi connectivity index (χ0v) is 18.2. The van der Waals surface area contributed by atoms with Crippen LogP contribution >= 0.6 is 23.6 Å². The second kappa shape index (κ2) is 7.97. The number of esters is 1. The number of methoxy groups -OCH3 is 1. The molecule has 1 aliphatic rings. The number of ether oxygens (including phenoxy) is 1. The number of carbonyl (C=O) groups excluding carboxylic acids is 1. The van der Waals surface area contributed by atoms with Crippen molar-refractivity contribution in [1.29, 1.82) is 0 Å². The molecule has 1 aromatic heterocycles. The second-order valence-corrected chi connectivity index (χ2v) is 8.69. The number of fused-ring (bicyclic) bond motifs is 1. The van der Waals surface area contributed by atoms with E-state index in [1.54, 1.807) is 0 Å². The first-order valence-electron chi connectivity index (χ1n) is 9.46. The van der Waals surface area contributed by atoms with E-state index in [1.807, 2.05) is 43.3 Å². The Hall–Kier alpha value is -2.70. The number of hydrogen-bond acceptors (Lipinski definition) is 4. The van der Waals surface area contributed by atoms with Crippen molar-refractivity contribution in [3.8, 4) is 11.1 Å². The SMILES string of the molecule is COC(=O)c1c(NC(=S)N2c3ccccc3C[C@@H]2C)sc(C)c1-c1ccccc1. The molecular formula is C23H22N2O2S2. The average molecular weight is 423 g/mol. The van der Waals surface area contributed by atoms with Gasteiger partial charge < -0.3 is 15.0 Å². The third-order valence-corrected chi connectivity index (χ3v) is 6.50. The lowest BCUT2D eigenvalue weighted by atomic mass is 10.0. The van der Waals surface area contributed by atoms with Gasteiger partial charge in [0.05, 0.1) is 7.11 Å². The summed E-state index contributed by atoms with van der Waals surface area (Å²) in [5.74, 6) is -0.367. The topological polar surface area (TPSA) is 41.6 Å². The molecule has 148 valence electrons. The summed E-state index contributed by atoms with van der Waals surface area (Å²) in [7, 11) is 1.41. The summed E-state index contributed by atoms with van der Waals surface area (Å²) in [5.41, 5.74) is 4.81. The van der Waals surface area contributed by atoms with Crippen LogP contribution in [-0.2, 0) is 11.2 Å². The zero-order valence-electron chi connectivity index (χ0n) is 16.6. The number of thiocarbonyl (C=S) groups is 1. The minimum atomic E-state index is -0.367. The number of para-hydroxylation sites is 1. The number of hydrogen-bond donors (Lipinski definition) is 1. The van der Waals surface area contributed by atoms with Crippen molar-refractivity contribution in [3.05, 3.63) is 70.6 Å². The fraction of sp³-hybridized carbons (Fsp3) is 0.217. The molecule has 4 rings (SSSR count). The molecule has 1 aliphatic heterocycles. The molecule has 1 N–H and O–H groups in total. The van der Waals surface area contributed by atoms with Crippen molar-refractivity contribution in [2.45, 2.75) is 26.3 Å². The Bertz CT molecular complexity index is 1080. The molecule has 0 spiro atoms. The molecule has 2 aromatic carbocycles. The van der Waals surface area contributed by atoms with Crippen LogP contribution in [0.15, 0.2) is 54.6 Å². The smallest absolute Gasteiger partial charge is 0.341 e. The van der Waals surface area contributed by atoms with Crippen LogP contribution < -0.4 is 10.2 Å². The fourth-order valence-electron chi connectivity index (χ4n) is 3.91. The number of nitrogens with zero attached hydrogens (tertiary/aromatic N) is 1. The number of aryl methyl sites for hydroxylation is 1. The molecule has 0 bridgehead atoms. The molecule has 4 nitrogen and oxygen atoms in total. The molecule has 0 unspecified atom stereocenters. The zero-order chi connectivity index (χ0) is 20.5. The van der Waals surface area contributed by atoms with Gasteiger partial charge in [0.25, 0.3) is 0 Å². The van der Waals surface area contributed by atoms with Crippen molar-refractivity contribution in [2.75, 3.05) is 17.3 Å². The van der Waals surface area contributed by atoms with E-state index in [0.29, 0.717) is 10.7 Å². The average Bonchev–Trinajstić information content (AvgIpc) is 3.23. The number of benzene rings is 2. The van der Waals surface area contributed by atoms with Crippen LogP contribution in [-0.4, -0.2) is 24.2 Å². The van der Waals surface area contributed by atoms with Gasteiger partial charge in [0.1, 0.15) is 10.6 Å². The molecule has 2 heterocycles. The standard InChI is InChI=1S/C23H22N2O2S2/c1-14-13-17-11-7-8-12-18(17)25(14)23(28)24-21-20(22(26)27-3)19(15(2)29-21)16-9-5-4-6-10-16/h4-12,14H,13H2,1-3H3,(H,24,28)/t14-/m0/s1. The lowest BCUT2D eigenvalue weighted by molar-refractivity contribution is 0.0603. The van der Waals surface area contributed by atoms with Gasteiger partial charge in [-0.05, 0) is 49.7 Å². The molecule has 3 aromatic rings. The number of thiophene rings is 1. The van der Waals surface area contributed by atoms with Crippen LogP contribution in [0.25, 0.3) is 11.1 Å². The predicted molar refractivity (Wildman–Crippen MR) is 124 cm³/mol. The highest BCUT2D eigenvalue weighted by molar-refractivity contribution is 7.80. The van der Waals surface area contributed by atoms with Gasteiger partial charge in [-0.2, -0.15) is 0 Å². The molecule has 6 heteroatoms. The van der Waals surface area contributed by atoms with Crippen LogP contribution in [0, 0.1) is 6.92 Å². The predicted octanol–water partition coefficient (Wildman–Crippen LogP) is 5.66. The summed E-state index contributed by atoms with van der Waals surface area (Å²) in [4.78, 5) is 15.9. The van der Waals surface area contributed by atoms with Crippen LogP contribution in [0.1, 0.15) is 27.7 Å². The Morgan fingerprint density at radius 2 is 1.86 bits per heavy atom. The van der Waals surface area contributed by atoms with Gasteiger partial charge in [-0.3, -0.25) is 0 Å². The maximum absolute atomic E-state index is 12.7. The lowest BCUT2D eigenvalue weighted by Crippen LogP contribution is -2.38. The summed E-state index contributed by atoms with van der Waals surface area (Å²) < 4.78 is 5.11. The Morgan fingerprint density at radius 1 is 1.17 bits per heavy atom. The van der Waals surface area contributed by atoms with Gasteiger partial charge in [-0.25, -0.2) is 4.79 Å². The van der Waals surface area contributed by atoms with Crippen molar-refractivity contribution >= 4 is 45.3 Å². The summed E-state index contributed by atoms with van der Waals surface area (Å²) in [6.07, 6.45) is 0.945. The second-order valence-electron chi connectivity index (χ2n) is 7.08. The van der Waals surface area contributed by atoms with E-state index in [0.717, 1.165) is 33.1 Å². The first-order valence-corrected chi connectivity index (χ1v) is 10.7. The summed E-state index contributed by atoms with van der Waals surface area (Å²) >= 11 is 7.29. The van der Waals surface area contributed by atoms with Gasteiger partial charge in [0, 0.05) is 22.2 Å². The first kappa shape index (κ1) is 19.6. The van der Waals surface area contributed by atoms with E-state index < -0.39 is 0 Å². The quantitative estimate of drug-likeness (QED) is 0.436. The molecule has 1 atom stereocenters. The first-order chi connectivity index (χ1) is 14.0. The van der Waals surface area contributed by atoms with Crippen molar-refractivity contribution in [3.63, 3.8) is 0 Å². The summed E-state index contributed by atoms with van der Waals surface area (Å²) in [6.45, 7) is 4.17. The number of anilines is 2. The van der Waals surface area contributed by atoms with Crippen LogP contribution in [0.5, 0.6) is 0 Å². The van der Waals surface area contributed by atoms with E-state index in [9.17, 15) is 4.79 Å². The summed E-state index contributed by atoms with van der Waals surface area (Å²) in [5, 5.41) is 4.65. The lowest BCUT2D eigenvalue weighted by Gasteiger charge is -2.26. The van der Waals surface area contributed by atoms with Crippen LogP contribution in [0.4, 0.5) is 10.7 Å². The van der Waals surface area contributed by atoms with Gasteiger partial charge in [0.2, 0.25) is 0 Å². The minimum Gasteiger partial charge on any atom is -0.465 e. The number of rotatable bonds is 3. The maximum Gasteiger partial charge on any atom is 0.341 e. The minimum absolute atomic E-state index is 0.253. The molecule has 0 radical (unpaired) electrons. The van der Waals surface area contributed by atoms with Crippen molar-refractivity contribution in [1.82, 2.24) is 0 Å². The highest BCUT2D eigenvalue weighted by Crippen LogP contribution is 2.41. The molecule has 0 fully saturated rings. The van der Waals surface area contributed by atoms with Gasteiger partial charge in [0.15, 0.2) is 5.11 Å². The van der Waals surface area contributed by atoms with E-state index in [4.69, 9.17) is 17.0 Å². The largest absolute Gasteiger partial charge is 0.465 e. The fourth-order valence-corrected chi connectivity index (χ4v) is 5.42. The molecular weight excluding hydrogens is 400 g/mol. The van der Waals surface area contributed by atoms with Crippen LogP contribution in [0.3, 0.4) is 0 Å². The summed E-state index contributed by atoms with van der Waals surface area (Å²) in [6, 6.07) is 18.4. The molecule has 29 heavy (non-hydrogen) atoms. The third kappa shape index (κ3) is 3.54. The molecule has 0 saturated carbocycles. The Balaban J connectivity index is 1.73. The van der Waals surface area contributed by atoms with E-state index >= 15 is 0 Å². The van der Waals surface area contributed by atoms with Crippen molar-refractivity contribution in [2.24, 2.45) is 0 Å². The number of carbonyl (C=O) groups is 1. The van der Waals surface area contributed by atoms with Crippen LogP contribution in [0.2, 0.25) is 0 Å². The highest BCUT2D eigenvalue weighted by atomic mass is 32.1. The van der Waals surface area contributed by atoms with Crippen molar-refractivity contribution < 1.29 is 9.53 Å². The molecule has 0 aliphatic carbocycles. The maximum atomic E-state index is 12.7. The normalized spacial score (nSPS) is 15.1. The third-order valence-electron chi connectivity index (χ3n) is 5.18. The monoisotopic (exact) mass is 422 g/mol. The highest BCUT2D eigenvalue weighted by Gasteiger charge is 2.30. The molecule has 0 saturated heterocycles. The Labute approximate surface area is 180 Å². The van der Waals surface area contributed by atoms with E-state index in [1.165, 1.54) is 24.0 Å².